The van der Waals surface area contributed by atoms with E-state index in [1.54, 1.807) is 36.9 Å². The Bertz CT molecular complexity index is 728. The van der Waals surface area contributed by atoms with Crippen molar-refractivity contribution in [3.8, 4) is 11.3 Å². The fraction of sp³-hybridized carbons (Fsp3) is 0.0667. The normalized spacial score (nSPS) is 10.3. The highest BCUT2D eigenvalue weighted by atomic mass is 32.1. The molecule has 5 nitrogen and oxygen atoms in total. The highest BCUT2D eigenvalue weighted by molar-refractivity contribution is 7.09. The standard InChI is InChI=1S/C15H12N4OS/c20-15(12-2-1-5-17-8-12)18-9-14-19-13(10-21-14)11-3-6-16-7-4-11/h1-8,10H,9H2,(H,18,20). The van der Waals surface area contributed by atoms with Gasteiger partial charge in [-0.2, -0.15) is 0 Å². The van der Waals surface area contributed by atoms with Crippen LogP contribution in [-0.2, 0) is 6.54 Å². The molecule has 1 amide bonds. The maximum atomic E-state index is 11.9. The molecule has 21 heavy (non-hydrogen) atoms. The number of pyridine rings is 2. The maximum absolute atomic E-state index is 11.9. The van der Waals surface area contributed by atoms with Crippen LogP contribution in [0.3, 0.4) is 0 Å². The Labute approximate surface area is 125 Å². The number of hydrogen-bond acceptors (Lipinski definition) is 5. The maximum Gasteiger partial charge on any atom is 0.253 e. The zero-order chi connectivity index (χ0) is 14.5. The van der Waals surface area contributed by atoms with Gasteiger partial charge in [-0.1, -0.05) is 0 Å². The van der Waals surface area contributed by atoms with Gasteiger partial charge in [0.25, 0.3) is 5.91 Å². The molecule has 0 unspecified atom stereocenters. The minimum Gasteiger partial charge on any atom is -0.345 e. The van der Waals surface area contributed by atoms with Gasteiger partial charge in [0, 0.05) is 35.7 Å². The lowest BCUT2D eigenvalue weighted by molar-refractivity contribution is 0.0950. The van der Waals surface area contributed by atoms with E-state index in [2.05, 4.69) is 20.3 Å². The zero-order valence-electron chi connectivity index (χ0n) is 11.1. The van der Waals surface area contributed by atoms with E-state index in [1.165, 1.54) is 11.3 Å². The van der Waals surface area contributed by atoms with E-state index < -0.39 is 0 Å². The average Bonchev–Trinajstić information content (AvgIpc) is 3.03. The zero-order valence-corrected chi connectivity index (χ0v) is 11.9. The van der Waals surface area contributed by atoms with Crippen LogP contribution >= 0.6 is 11.3 Å². The number of nitrogens with one attached hydrogen (secondary N) is 1. The monoisotopic (exact) mass is 296 g/mol. The molecule has 6 heteroatoms. The third-order valence-corrected chi connectivity index (χ3v) is 3.70. The first-order valence-electron chi connectivity index (χ1n) is 6.36. The lowest BCUT2D eigenvalue weighted by Gasteiger charge is -2.02. The van der Waals surface area contributed by atoms with Crippen LogP contribution in [0, 0.1) is 0 Å². The van der Waals surface area contributed by atoms with Crippen molar-refractivity contribution in [3.63, 3.8) is 0 Å². The summed E-state index contributed by atoms with van der Waals surface area (Å²) in [5.41, 5.74) is 2.46. The molecule has 0 spiro atoms. The Morgan fingerprint density at radius 3 is 2.76 bits per heavy atom. The first-order valence-corrected chi connectivity index (χ1v) is 7.24. The van der Waals surface area contributed by atoms with Gasteiger partial charge in [-0.25, -0.2) is 4.98 Å². The van der Waals surface area contributed by atoms with Crippen LogP contribution in [0.5, 0.6) is 0 Å². The van der Waals surface area contributed by atoms with Crippen molar-refractivity contribution in [1.29, 1.82) is 0 Å². The minimum atomic E-state index is -0.149. The summed E-state index contributed by atoms with van der Waals surface area (Å²) in [6.07, 6.45) is 6.65. The van der Waals surface area contributed by atoms with E-state index in [4.69, 9.17) is 0 Å². The number of thiazole rings is 1. The smallest absolute Gasteiger partial charge is 0.253 e. The molecule has 3 heterocycles. The summed E-state index contributed by atoms with van der Waals surface area (Å²) < 4.78 is 0. The summed E-state index contributed by atoms with van der Waals surface area (Å²) in [6, 6.07) is 7.28. The number of carbonyl (C=O) groups excluding carboxylic acids is 1. The Balaban J connectivity index is 1.64. The Kier molecular flexibility index (Phi) is 3.97. The molecule has 1 N–H and O–H groups in total. The van der Waals surface area contributed by atoms with Crippen LogP contribution in [0.15, 0.2) is 54.4 Å². The molecule has 3 aromatic heterocycles. The first kappa shape index (κ1) is 13.4. The summed E-state index contributed by atoms with van der Waals surface area (Å²) in [5.74, 6) is -0.149. The van der Waals surface area contributed by atoms with Gasteiger partial charge in [-0.05, 0) is 24.3 Å². The van der Waals surface area contributed by atoms with Gasteiger partial charge in [-0.3, -0.25) is 14.8 Å². The molecule has 0 bridgehead atoms. The molecule has 0 aliphatic rings. The van der Waals surface area contributed by atoms with Crippen LogP contribution in [0.25, 0.3) is 11.3 Å². The number of amides is 1. The molecule has 0 saturated heterocycles. The molecule has 3 aromatic rings. The molecule has 3 rings (SSSR count). The van der Waals surface area contributed by atoms with Gasteiger partial charge in [0.05, 0.1) is 17.8 Å². The molecular weight excluding hydrogens is 284 g/mol. The van der Waals surface area contributed by atoms with Crippen LogP contribution < -0.4 is 5.32 Å². The van der Waals surface area contributed by atoms with E-state index >= 15 is 0 Å². The van der Waals surface area contributed by atoms with Crippen LogP contribution in [0.1, 0.15) is 15.4 Å². The molecular formula is C15H12N4OS. The largest absolute Gasteiger partial charge is 0.345 e. The Morgan fingerprint density at radius 1 is 1.14 bits per heavy atom. The predicted octanol–water partition coefficient (Wildman–Crippen LogP) is 2.53. The first-order chi connectivity index (χ1) is 10.3. The summed E-state index contributed by atoms with van der Waals surface area (Å²) >= 11 is 1.52. The van der Waals surface area contributed by atoms with Gasteiger partial charge in [0.1, 0.15) is 5.01 Å². The van der Waals surface area contributed by atoms with Gasteiger partial charge in [-0.15, -0.1) is 11.3 Å². The predicted molar refractivity (Wildman–Crippen MR) is 80.8 cm³/mol. The van der Waals surface area contributed by atoms with Gasteiger partial charge < -0.3 is 5.32 Å². The number of hydrogen-bond donors (Lipinski definition) is 1. The van der Waals surface area contributed by atoms with Gasteiger partial charge in [0.15, 0.2) is 0 Å². The van der Waals surface area contributed by atoms with Crippen LogP contribution in [-0.4, -0.2) is 20.9 Å². The van der Waals surface area contributed by atoms with Crippen LogP contribution in [0.2, 0.25) is 0 Å². The third-order valence-electron chi connectivity index (χ3n) is 2.85. The van der Waals surface area contributed by atoms with Gasteiger partial charge in [0.2, 0.25) is 0 Å². The molecule has 0 saturated carbocycles. The molecule has 0 aliphatic carbocycles. The van der Waals surface area contributed by atoms with E-state index in [-0.39, 0.29) is 5.91 Å². The second kappa shape index (κ2) is 6.23. The lowest BCUT2D eigenvalue weighted by Crippen LogP contribution is -2.22. The molecule has 0 fully saturated rings. The molecule has 104 valence electrons. The van der Waals surface area contributed by atoms with E-state index in [9.17, 15) is 4.79 Å². The SMILES string of the molecule is O=C(NCc1nc(-c2ccncc2)cs1)c1cccnc1. The molecule has 0 atom stereocenters. The van der Waals surface area contributed by atoms with Gasteiger partial charge >= 0.3 is 0 Å². The number of rotatable bonds is 4. The van der Waals surface area contributed by atoms with E-state index in [1.807, 2.05) is 17.5 Å². The van der Waals surface area contributed by atoms with Crippen molar-refractivity contribution in [1.82, 2.24) is 20.3 Å². The summed E-state index contributed by atoms with van der Waals surface area (Å²) in [7, 11) is 0. The number of nitrogens with zero attached hydrogens (tertiary/aromatic N) is 3. The van der Waals surface area contributed by atoms with Crippen molar-refractivity contribution in [2.45, 2.75) is 6.54 Å². The highest BCUT2D eigenvalue weighted by Gasteiger charge is 2.08. The summed E-state index contributed by atoms with van der Waals surface area (Å²) in [4.78, 5) is 24.3. The molecule has 0 aromatic carbocycles. The number of aromatic nitrogens is 3. The number of carbonyl (C=O) groups is 1. The highest BCUT2D eigenvalue weighted by Crippen LogP contribution is 2.20. The topological polar surface area (TPSA) is 67.8 Å². The second-order valence-electron chi connectivity index (χ2n) is 4.29. The van der Waals surface area contributed by atoms with Crippen molar-refractivity contribution >= 4 is 17.2 Å². The average molecular weight is 296 g/mol. The Hall–Kier alpha value is -2.60. The lowest BCUT2D eigenvalue weighted by atomic mass is 10.2. The quantitative estimate of drug-likeness (QED) is 0.803. The summed E-state index contributed by atoms with van der Waals surface area (Å²) in [6.45, 7) is 0.406. The fourth-order valence-electron chi connectivity index (χ4n) is 1.80. The molecule has 0 radical (unpaired) electrons. The van der Waals surface area contributed by atoms with Crippen molar-refractivity contribution < 1.29 is 4.79 Å². The second-order valence-corrected chi connectivity index (χ2v) is 5.23. The van der Waals surface area contributed by atoms with Crippen LogP contribution in [0.4, 0.5) is 0 Å². The van der Waals surface area contributed by atoms with E-state index in [0.717, 1.165) is 16.3 Å². The third kappa shape index (κ3) is 3.29. The van der Waals surface area contributed by atoms with Crippen molar-refractivity contribution in [2.75, 3.05) is 0 Å². The van der Waals surface area contributed by atoms with E-state index in [0.29, 0.717) is 12.1 Å². The van der Waals surface area contributed by atoms with Crippen molar-refractivity contribution in [2.24, 2.45) is 0 Å². The fourth-order valence-corrected chi connectivity index (χ4v) is 2.55. The minimum absolute atomic E-state index is 0.149. The molecule has 0 aliphatic heterocycles. The summed E-state index contributed by atoms with van der Waals surface area (Å²) in [5, 5.41) is 5.67. The Morgan fingerprint density at radius 2 is 2.00 bits per heavy atom. The van der Waals surface area contributed by atoms with Crippen molar-refractivity contribution in [3.05, 3.63) is 65.0 Å².